The molecule has 3 aromatic carbocycles. The number of methoxy groups -OCH3 is 3. The molecule has 3 aromatic rings. The van der Waals surface area contributed by atoms with Crippen molar-refractivity contribution in [2.45, 2.75) is 18.8 Å². The zero-order chi connectivity index (χ0) is 29.6. The van der Waals surface area contributed by atoms with Crippen molar-refractivity contribution in [1.29, 1.82) is 0 Å². The summed E-state index contributed by atoms with van der Waals surface area (Å²) < 4.78 is 15.4. The first-order chi connectivity index (χ1) is 19.7. The average Bonchev–Trinajstić information content (AvgIpc) is 3.31. The van der Waals surface area contributed by atoms with Crippen molar-refractivity contribution in [3.05, 3.63) is 107 Å². The highest BCUT2D eigenvalue weighted by Gasteiger charge is 2.72. The van der Waals surface area contributed by atoms with Crippen LogP contribution in [0.1, 0.15) is 40.2 Å². The van der Waals surface area contributed by atoms with Gasteiger partial charge in [0.2, 0.25) is 0 Å². The minimum absolute atomic E-state index is 0.246. The molecule has 0 heterocycles. The number of Topliss-reactive ketones (excluding diaryl/α,β-unsaturated/α-hetero) is 1. The maximum Gasteiger partial charge on any atom is 0.323 e. The van der Waals surface area contributed by atoms with Gasteiger partial charge in [-0.05, 0) is 54.3 Å². The highest BCUT2D eigenvalue weighted by Crippen LogP contribution is 2.65. The Morgan fingerprint density at radius 1 is 0.805 bits per heavy atom. The molecule has 0 saturated heterocycles. The van der Waals surface area contributed by atoms with E-state index in [2.05, 4.69) is 11.8 Å². The molecule has 4 rings (SSSR count). The first-order valence-electron chi connectivity index (χ1n) is 12.9. The van der Waals surface area contributed by atoms with E-state index in [1.165, 1.54) is 21.3 Å². The number of ketones is 1. The van der Waals surface area contributed by atoms with E-state index in [1.807, 2.05) is 6.07 Å². The van der Waals surface area contributed by atoms with Crippen LogP contribution >= 0.6 is 11.6 Å². The molecule has 7 nitrogen and oxygen atoms in total. The van der Waals surface area contributed by atoms with Gasteiger partial charge >= 0.3 is 17.9 Å². The Hall–Kier alpha value is -4.41. The van der Waals surface area contributed by atoms with Crippen LogP contribution in [0.25, 0.3) is 0 Å². The molecule has 0 N–H and O–H groups in total. The highest BCUT2D eigenvalue weighted by atomic mass is 35.5. The number of carbonyl (C=O) groups excluding carboxylic acids is 4. The van der Waals surface area contributed by atoms with Gasteiger partial charge in [0.25, 0.3) is 0 Å². The minimum Gasteiger partial charge on any atom is -0.469 e. The van der Waals surface area contributed by atoms with Crippen LogP contribution in [-0.2, 0) is 28.6 Å². The van der Waals surface area contributed by atoms with Crippen molar-refractivity contribution in [2.75, 3.05) is 21.3 Å². The number of carbonyl (C=O) groups is 4. The van der Waals surface area contributed by atoms with Crippen LogP contribution in [0.3, 0.4) is 0 Å². The number of esters is 3. The summed E-state index contributed by atoms with van der Waals surface area (Å²) in [4.78, 5) is 55.2. The van der Waals surface area contributed by atoms with Crippen molar-refractivity contribution in [1.82, 2.24) is 0 Å². The summed E-state index contributed by atoms with van der Waals surface area (Å²) in [5, 5.41) is 0.418. The second-order valence-corrected chi connectivity index (χ2v) is 10.2. The van der Waals surface area contributed by atoms with Gasteiger partial charge in [-0.15, -0.1) is 0 Å². The number of rotatable bonds is 7. The predicted octanol–water partition coefficient (Wildman–Crippen LogP) is 5.26. The molecule has 1 aliphatic rings. The molecule has 0 unspecified atom stereocenters. The summed E-state index contributed by atoms with van der Waals surface area (Å²) in [5.41, 5.74) is -2.44. The highest BCUT2D eigenvalue weighted by molar-refractivity contribution is 6.30. The lowest BCUT2D eigenvalue weighted by atomic mass is 9.60. The van der Waals surface area contributed by atoms with Crippen molar-refractivity contribution < 1.29 is 33.4 Å². The molecule has 3 atom stereocenters. The van der Waals surface area contributed by atoms with Gasteiger partial charge in [0.1, 0.15) is 5.41 Å². The Labute approximate surface area is 243 Å². The lowest BCUT2D eigenvalue weighted by Gasteiger charge is -2.38. The molecule has 0 bridgehead atoms. The van der Waals surface area contributed by atoms with Crippen molar-refractivity contribution in [3.63, 3.8) is 0 Å². The number of ether oxygens (including phenoxy) is 3. The molecule has 41 heavy (non-hydrogen) atoms. The van der Waals surface area contributed by atoms with Crippen molar-refractivity contribution >= 4 is 35.3 Å². The van der Waals surface area contributed by atoms with Crippen LogP contribution in [0.2, 0.25) is 5.02 Å². The number of halogens is 1. The van der Waals surface area contributed by atoms with E-state index >= 15 is 0 Å². The smallest absolute Gasteiger partial charge is 0.323 e. The summed E-state index contributed by atoms with van der Waals surface area (Å²) in [6.07, 6.45) is -0.540. The van der Waals surface area contributed by atoms with E-state index in [1.54, 1.807) is 78.9 Å². The van der Waals surface area contributed by atoms with E-state index in [9.17, 15) is 19.2 Å². The summed E-state index contributed by atoms with van der Waals surface area (Å²) in [6, 6.07) is 24.0. The Kier molecular flexibility index (Phi) is 8.95. The molecule has 0 aromatic heterocycles. The van der Waals surface area contributed by atoms with E-state index in [4.69, 9.17) is 25.8 Å². The normalized spacial score (nSPS) is 20.7. The maximum atomic E-state index is 14.9. The Bertz CT molecular complexity index is 1470. The Balaban J connectivity index is 2.16. The molecule has 0 radical (unpaired) electrons. The first-order valence-corrected chi connectivity index (χ1v) is 13.3. The zero-order valence-electron chi connectivity index (χ0n) is 22.9. The van der Waals surface area contributed by atoms with Gasteiger partial charge in [0, 0.05) is 22.1 Å². The molecule has 8 heteroatoms. The first kappa shape index (κ1) is 29.6. The summed E-state index contributed by atoms with van der Waals surface area (Å²) in [7, 11) is 3.57. The maximum absolute atomic E-state index is 14.9. The standard InChI is InChI=1S/C33H29ClO7/c1-39-27(35)20-25-21-33(30(37)40-2,31(38)41-3)28(23-12-8-5-9-13-23)32(25,19-18-22-10-6-4-7-11-22)29(36)24-14-16-26(34)17-15-24/h4-17,25,28H,20-21H2,1-3H3/t25-,28-,32+/m0/s1. The fourth-order valence-corrected chi connectivity index (χ4v) is 6.06. The van der Waals surface area contributed by atoms with Crippen LogP contribution < -0.4 is 0 Å². The monoisotopic (exact) mass is 572 g/mol. The van der Waals surface area contributed by atoms with Crippen LogP contribution in [0.4, 0.5) is 0 Å². The molecule has 1 saturated carbocycles. The number of benzene rings is 3. The fourth-order valence-electron chi connectivity index (χ4n) is 5.94. The lowest BCUT2D eigenvalue weighted by molar-refractivity contribution is -0.170. The van der Waals surface area contributed by atoms with E-state index in [0.717, 1.165) is 0 Å². The largest absolute Gasteiger partial charge is 0.469 e. The topological polar surface area (TPSA) is 96.0 Å². The van der Waals surface area contributed by atoms with Crippen LogP contribution in [-0.4, -0.2) is 45.0 Å². The summed E-state index contributed by atoms with van der Waals surface area (Å²) >= 11 is 6.14. The zero-order valence-corrected chi connectivity index (χ0v) is 23.6. The van der Waals surface area contributed by atoms with Crippen LogP contribution in [0, 0.1) is 28.6 Å². The quantitative estimate of drug-likeness (QED) is 0.125. The van der Waals surface area contributed by atoms with Gasteiger partial charge in [-0.2, -0.15) is 0 Å². The van der Waals surface area contributed by atoms with E-state index in [-0.39, 0.29) is 18.4 Å². The van der Waals surface area contributed by atoms with E-state index < -0.39 is 46.4 Å². The van der Waals surface area contributed by atoms with Gasteiger partial charge < -0.3 is 14.2 Å². The van der Waals surface area contributed by atoms with Crippen LogP contribution in [0.15, 0.2) is 84.9 Å². The molecular formula is C33H29ClO7. The molecule has 210 valence electrons. The van der Waals surface area contributed by atoms with Gasteiger partial charge in [-0.25, -0.2) is 0 Å². The second-order valence-electron chi connectivity index (χ2n) is 9.80. The SMILES string of the molecule is COC(=O)C[C@H]1CC(C(=O)OC)(C(=O)OC)[C@@H](c2ccccc2)[C@]1(C#Cc1ccccc1)C(=O)c1ccc(Cl)cc1. The average molecular weight is 573 g/mol. The van der Waals surface area contributed by atoms with Crippen molar-refractivity contribution in [2.24, 2.45) is 16.7 Å². The molecule has 0 spiro atoms. The molecule has 0 amide bonds. The van der Waals surface area contributed by atoms with Crippen molar-refractivity contribution in [3.8, 4) is 11.8 Å². The molecular weight excluding hydrogens is 544 g/mol. The molecule has 1 fully saturated rings. The van der Waals surface area contributed by atoms with Gasteiger partial charge in [0.05, 0.1) is 27.8 Å². The minimum atomic E-state index is -2.00. The Morgan fingerprint density at radius 2 is 1.37 bits per heavy atom. The third-order valence-electron chi connectivity index (χ3n) is 7.70. The molecule has 1 aliphatic carbocycles. The Morgan fingerprint density at radius 3 is 1.90 bits per heavy atom. The van der Waals surface area contributed by atoms with Gasteiger partial charge in [-0.3, -0.25) is 19.2 Å². The van der Waals surface area contributed by atoms with E-state index in [0.29, 0.717) is 16.1 Å². The van der Waals surface area contributed by atoms with Crippen LogP contribution in [0.5, 0.6) is 0 Å². The predicted molar refractivity (Wildman–Crippen MR) is 152 cm³/mol. The molecule has 0 aliphatic heterocycles. The third kappa shape index (κ3) is 5.36. The second kappa shape index (κ2) is 12.4. The van der Waals surface area contributed by atoms with Gasteiger partial charge in [0.15, 0.2) is 11.2 Å². The van der Waals surface area contributed by atoms with Gasteiger partial charge in [-0.1, -0.05) is 72.0 Å². The number of hydrogen-bond acceptors (Lipinski definition) is 7. The fraction of sp³-hybridized carbons (Fsp3) is 0.273. The third-order valence-corrected chi connectivity index (χ3v) is 7.95. The summed E-state index contributed by atoms with van der Waals surface area (Å²) in [6.45, 7) is 0. The summed E-state index contributed by atoms with van der Waals surface area (Å²) in [5.74, 6) is 1.30. The number of hydrogen-bond donors (Lipinski definition) is 0. The lowest BCUT2D eigenvalue weighted by Crippen LogP contribution is -2.48.